The number of nitrogen functional groups attached to an aromatic ring is 1. The number of carbonyl (C=O) groups excluding carboxylic acids is 3. The molecule has 7 heterocycles. The molecule has 22 nitrogen and oxygen atoms in total. The highest BCUT2D eigenvalue weighted by Gasteiger charge is 2.32. The maximum atomic E-state index is 14.6. The summed E-state index contributed by atoms with van der Waals surface area (Å²) in [5, 5.41) is 26.7. The molecule has 0 saturated heterocycles. The first-order chi connectivity index (χ1) is 32.8. The van der Waals surface area contributed by atoms with Crippen LogP contribution in [-0.4, -0.2) is 93.4 Å². The van der Waals surface area contributed by atoms with E-state index in [4.69, 9.17) is 26.3 Å². The van der Waals surface area contributed by atoms with E-state index < -0.39 is 39.2 Å². The van der Waals surface area contributed by atoms with Crippen LogP contribution < -0.4 is 31.1 Å². The number of benzene rings is 2. The lowest BCUT2D eigenvalue weighted by Crippen LogP contribution is -2.38. The number of nitrogens with zero attached hydrogens (tertiary/aromatic N) is 11. The van der Waals surface area contributed by atoms with Crippen LogP contribution in [0.1, 0.15) is 49.4 Å². The van der Waals surface area contributed by atoms with Gasteiger partial charge in [0.2, 0.25) is 21.8 Å². The number of primary amides is 1. The van der Waals surface area contributed by atoms with Gasteiger partial charge in [-0.1, -0.05) is 39.0 Å². The number of carbonyl (C=O) groups is 3. The molecule has 0 fully saturated rings. The van der Waals surface area contributed by atoms with Crippen LogP contribution in [0.2, 0.25) is 0 Å². The fraction of sp³-hybridized carbons (Fsp3) is 0.174. The second kappa shape index (κ2) is 17.3. The minimum atomic E-state index is -3.53. The molecule has 1 unspecified atom stereocenters. The van der Waals surface area contributed by atoms with Gasteiger partial charge in [0, 0.05) is 59.1 Å². The van der Waals surface area contributed by atoms with Crippen molar-refractivity contribution < 1.29 is 32.6 Å². The van der Waals surface area contributed by atoms with E-state index >= 15 is 0 Å². The highest BCUT2D eigenvalue weighted by atomic mass is 32.2. The lowest BCUT2D eigenvalue weighted by atomic mass is 9.92. The molecule has 2 aromatic carbocycles. The Hall–Kier alpha value is -8.99. The van der Waals surface area contributed by atoms with Crippen molar-refractivity contribution in [2.75, 3.05) is 28.7 Å². The number of hydrogen-bond acceptors (Lipinski definition) is 15. The van der Waals surface area contributed by atoms with Crippen LogP contribution in [0.4, 0.5) is 23.4 Å². The number of anilines is 4. The van der Waals surface area contributed by atoms with E-state index in [0.717, 1.165) is 11.8 Å². The first-order valence-electron chi connectivity index (χ1n) is 21.0. The molecule has 1 atom stereocenters. The number of fused-ring (bicyclic) bond motifs is 3. The summed E-state index contributed by atoms with van der Waals surface area (Å²) >= 11 is 0. The molecule has 0 saturated carbocycles. The molecular weight excluding hydrogens is 907 g/mol. The fourth-order valence-electron chi connectivity index (χ4n) is 7.45. The molecule has 9 aromatic rings. The lowest BCUT2D eigenvalue weighted by molar-refractivity contribution is -0.120. The molecular formula is C46H43N15O7S. The van der Waals surface area contributed by atoms with E-state index in [1.807, 2.05) is 26.8 Å². The van der Waals surface area contributed by atoms with Crippen molar-refractivity contribution in [2.45, 2.75) is 33.2 Å². The number of rotatable bonds is 13. The molecule has 0 radical (unpaired) electrons. The van der Waals surface area contributed by atoms with E-state index in [1.165, 1.54) is 43.9 Å². The Balaban J connectivity index is 1.10. The molecule has 0 spiro atoms. The SMILES string of the molecule is COc1cc(-c2ccc3nc(N(C(=O)CC(C)(C)C)c4nc5c(C(=O)NC(C(N)=O)c6nc7ccc(-c8cccc(NS(C)(=O)=O)c8)cn7n6)cc(-c6ccc(N)nc6)cn5n4)nn3c2)ccc1O. The monoisotopic (exact) mass is 949 g/mol. The second-order valence-corrected chi connectivity index (χ2v) is 19.0. The Kier molecular flexibility index (Phi) is 11.4. The summed E-state index contributed by atoms with van der Waals surface area (Å²) in [5.41, 5.74) is 16.0. The summed E-state index contributed by atoms with van der Waals surface area (Å²) in [6.07, 6.45) is 7.52. The zero-order valence-electron chi connectivity index (χ0n) is 37.6. The predicted molar refractivity (Wildman–Crippen MR) is 255 cm³/mol. The van der Waals surface area contributed by atoms with Gasteiger partial charge in [0.15, 0.2) is 40.3 Å². The molecule has 69 heavy (non-hydrogen) atoms. The van der Waals surface area contributed by atoms with Crippen LogP contribution in [-0.2, 0) is 19.6 Å². The number of hydrogen-bond donors (Lipinski definition) is 5. The summed E-state index contributed by atoms with van der Waals surface area (Å²) in [6.45, 7) is 5.70. The van der Waals surface area contributed by atoms with Gasteiger partial charge in [-0.2, -0.15) is 9.97 Å². The number of amides is 3. The molecule has 0 aliphatic rings. The molecule has 23 heteroatoms. The molecule has 0 aliphatic heterocycles. The number of methoxy groups -OCH3 is 1. The third kappa shape index (κ3) is 9.51. The normalized spacial score (nSPS) is 12.3. The van der Waals surface area contributed by atoms with Gasteiger partial charge in [-0.3, -0.25) is 19.1 Å². The number of sulfonamides is 1. The number of aromatic hydroxyl groups is 1. The smallest absolute Gasteiger partial charge is 0.259 e. The zero-order chi connectivity index (χ0) is 48.9. The van der Waals surface area contributed by atoms with Gasteiger partial charge >= 0.3 is 0 Å². The standard InChI is InChI=1S/C46H43N15O7S/c1-46(2,3)20-38(63)61(44-51-37-16-12-29(23-59(37)55-44)26-9-13-33(62)34(19-26)68-4)45-53-42-32(18-30(24-60(42)56-45)27-10-14-35(47)49-21-27)43(65)52-39(40(48)64)41-50-36-15-11-28(22-58(36)54-41)25-7-6-8-31(17-25)57-69(5,66)67/h6-19,21-24,39,57,62H,20H2,1-5H3,(H2,47,49)(H2,48,64)(H,52,65). The van der Waals surface area contributed by atoms with Crippen molar-refractivity contribution in [3.63, 3.8) is 0 Å². The maximum absolute atomic E-state index is 14.6. The lowest BCUT2D eigenvalue weighted by Gasteiger charge is -2.21. The Morgan fingerprint density at radius 3 is 2.09 bits per heavy atom. The third-order valence-electron chi connectivity index (χ3n) is 10.6. The first-order valence-corrected chi connectivity index (χ1v) is 22.9. The summed E-state index contributed by atoms with van der Waals surface area (Å²) in [7, 11) is -2.07. The largest absolute Gasteiger partial charge is 0.504 e. The van der Waals surface area contributed by atoms with Crippen LogP contribution in [0.15, 0.2) is 110 Å². The van der Waals surface area contributed by atoms with Gasteiger partial charge in [-0.25, -0.2) is 36.8 Å². The van der Waals surface area contributed by atoms with Crippen molar-refractivity contribution in [1.29, 1.82) is 0 Å². The predicted octanol–water partition coefficient (Wildman–Crippen LogP) is 4.94. The summed E-state index contributed by atoms with van der Waals surface area (Å²) < 4.78 is 35.7. The Morgan fingerprint density at radius 1 is 0.783 bits per heavy atom. The summed E-state index contributed by atoms with van der Waals surface area (Å²) in [4.78, 5) is 61.4. The highest BCUT2D eigenvalue weighted by Crippen LogP contribution is 2.33. The maximum Gasteiger partial charge on any atom is 0.259 e. The first kappa shape index (κ1) is 45.2. The third-order valence-corrected chi connectivity index (χ3v) is 11.2. The van der Waals surface area contributed by atoms with Gasteiger partial charge in [0.05, 0.1) is 18.9 Å². The molecule has 3 amide bonds. The Labute approximate surface area is 392 Å². The quantitative estimate of drug-likeness (QED) is 0.102. The fourth-order valence-corrected chi connectivity index (χ4v) is 8.01. The van der Waals surface area contributed by atoms with Gasteiger partial charge in [0.1, 0.15) is 5.82 Å². The van der Waals surface area contributed by atoms with Crippen molar-refractivity contribution in [1.82, 2.24) is 54.1 Å². The van der Waals surface area contributed by atoms with E-state index in [2.05, 4.69) is 35.2 Å². The number of phenolic OH excluding ortho intramolecular Hbond substituents is 1. The van der Waals surface area contributed by atoms with Crippen molar-refractivity contribution in [3.8, 4) is 44.9 Å². The van der Waals surface area contributed by atoms with Crippen LogP contribution in [0, 0.1) is 5.41 Å². The minimum absolute atomic E-state index is 0.0149. The van der Waals surface area contributed by atoms with E-state index in [0.29, 0.717) is 44.8 Å². The molecule has 7 aromatic heterocycles. The average molecular weight is 950 g/mol. The molecule has 9 rings (SSSR count). The topological polar surface area (TPSA) is 298 Å². The van der Waals surface area contributed by atoms with Crippen LogP contribution in [0.3, 0.4) is 0 Å². The molecule has 0 aliphatic carbocycles. The minimum Gasteiger partial charge on any atom is -0.504 e. The zero-order valence-corrected chi connectivity index (χ0v) is 38.4. The number of phenols is 1. The van der Waals surface area contributed by atoms with Gasteiger partial charge in [0.25, 0.3) is 17.8 Å². The summed E-state index contributed by atoms with van der Waals surface area (Å²) in [5.74, 6) is -2.04. The van der Waals surface area contributed by atoms with Crippen LogP contribution >= 0.6 is 0 Å². The van der Waals surface area contributed by atoms with Crippen molar-refractivity contribution in [2.24, 2.45) is 11.1 Å². The van der Waals surface area contributed by atoms with E-state index in [-0.39, 0.29) is 52.7 Å². The Morgan fingerprint density at radius 2 is 1.42 bits per heavy atom. The van der Waals surface area contributed by atoms with Gasteiger partial charge < -0.3 is 26.6 Å². The molecule has 7 N–H and O–H groups in total. The average Bonchev–Trinajstić information content (AvgIpc) is 4.03. The van der Waals surface area contributed by atoms with Crippen molar-refractivity contribution in [3.05, 3.63) is 121 Å². The van der Waals surface area contributed by atoms with Gasteiger partial charge in [-0.15, -0.1) is 15.3 Å². The van der Waals surface area contributed by atoms with E-state index in [1.54, 1.807) is 85.3 Å². The molecule has 350 valence electrons. The van der Waals surface area contributed by atoms with Crippen LogP contribution in [0.5, 0.6) is 11.5 Å². The van der Waals surface area contributed by atoms with E-state index in [9.17, 15) is 27.9 Å². The van der Waals surface area contributed by atoms with Gasteiger partial charge in [-0.05, 0) is 83.3 Å². The number of nitrogens with one attached hydrogen (secondary N) is 2. The summed E-state index contributed by atoms with van der Waals surface area (Å²) in [6, 6.07) is 21.8. The van der Waals surface area contributed by atoms with Crippen LogP contribution in [0.25, 0.3) is 50.3 Å². The van der Waals surface area contributed by atoms with Crippen molar-refractivity contribution >= 4 is 68.1 Å². The number of ether oxygens (including phenoxy) is 1. The second-order valence-electron chi connectivity index (χ2n) is 17.2. The number of pyridine rings is 4. The number of aromatic nitrogens is 10. The number of nitrogens with two attached hydrogens (primary N) is 2. The molecule has 0 bridgehead atoms. The Bertz CT molecular complexity index is 3620. The highest BCUT2D eigenvalue weighted by molar-refractivity contribution is 7.92.